The summed E-state index contributed by atoms with van der Waals surface area (Å²) >= 11 is 0. The molecule has 0 fully saturated rings. The smallest absolute Gasteiger partial charge is 0.340 e. The second-order valence-corrected chi connectivity index (χ2v) is 10.2. The number of carbonyl (C=O) groups is 2. The molecular weight excluding hydrogens is 524 g/mol. The average Bonchev–Trinajstić information content (AvgIpc) is 3.43. The lowest BCUT2D eigenvalue weighted by atomic mass is 10.0. The number of benzene rings is 3. The number of esters is 2. The largest absolute Gasteiger partial charge is 0.462 e. The molecule has 214 valence electrons. The second kappa shape index (κ2) is 12.0. The van der Waals surface area contributed by atoms with Crippen LogP contribution in [0.15, 0.2) is 84.9 Å². The maximum atomic E-state index is 13.2. The molecule has 2 heterocycles. The van der Waals surface area contributed by atoms with E-state index in [1.807, 2.05) is 102 Å². The molecule has 0 unspecified atom stereocenters. The molecule has 0 radical (unpaired) electrons. The molecule has 0 N–H and O–H groups in total. The van der Waals surface area contributed by atoms with Crippen molar-refractivity contribution in [3.8, 4) is 33.9 Å². The van der Waals surface area contributed by atoms with Gasteiger partial charge in [0.25, 0.3) is 0 Å². The van der Waals surface area contributed by atoms with E-state index >= 15 is 0 Å². The Morgan fingerprint density at radius 1 is 0.548 bits per heavy atom. The van der Waals surface area contributed by atoms with Crippen LogP contribution in [0.2, 0.25) is 0 Å². The Morgan fingerprint density at radius 2 is 0.881 bits per heavy atom. The van der Waals surface area contributed by atoms with Gasteiger partial charge < -0.3 is 18.6 Å². The zero-order valence-corrected chi connectivity index (χ0v) is 25.0. The molecule has 6 heteroatoms. The Labute approximate surface area is 247 Å². The van der Waals surface area contributed by atoms with Crippen molar-refractivity contribution in [1.29, 1.82) is 0 Å². The number of nitrogens with zero attached hydrogens (tertiary/aromatic N) is 2. The maximum Gasteiger partial charge on any atom is 0.340 e. The summed E-state index contributed by atoms with van der Waals surface area (Å²) in [5, 5.41) is 0. The van der Waals surface area contributed by atoms with E-state index in [0.717, 1.165) is 56.4 Å². The van der Waals surface area contributed by atoms with Crippen molar-refractivity contribution >= 4 is 11.9 Å². The number of rotatable bonds is 8. The van der Waals surface area contributed by atoms with Crippen molar-refractivity contribution < 1.29 is 19.1 Å². The molecule has 0 bridgehead atoms. The summed E-state index contributed by atoms with van der Waals surface area (Å²) in [6.45, 7) is 12.2. The van der Waals surface area contributed by atoms with Crippen LogP contribution in [0.4, 0.5) is 0 Å². The quantitative estimate of drug-likeness (QED) is 0.180. The number of ether oxygens (including phenoxy) is 2. The molecule has 0 atom stereocenters. The van der Waals surface area contributed by atoms with Gasteiger partial charge in [0.05, 0.1) is 35.7 Å². The van der Waals surface area contributed by atoms with E-state index < -0.39 is 0 Å². The van der Waals surface area contributed by atoms with E-state index in [1.165, 1.54) is 0 Å². The van der Waals surface area contributed by atoms with Crippen LogP contribution >= 0.6 is 0 Å². The highest BCUT2D eigenvalue weighted by molar-refractivity contribution is 6.00. The summed E-state index contributed by atoms with van der Waals surface area (Å²) in [6, 6.07) is 28.1. The normalized spacial score (nSPS) is 11.0. The number of hydrogen-bond donors (Lipinski definition) is 0. The van der Waals surface area contributed by atoms with Gasteiger partial charge in [-0.1, -0.05) is 60.7 Å². The molecule has 5 rings (SSSR count). The first kappa shape index (κ1) is 28.7. The third kappa shape index (κ3) is 4.94. The maximum absolute atomic E-state index is 13.2. The molecule has 6 nitrogen and oxygen atoms in total. The van der Waals surface area contributed by atoms with Crippen LogP contribution in [-0.4, -0.2) is 34.3 Å². The van der Waals surface area contributed by atoms with E-state index in [1.54, 1.807) is 0 Å². The van der Waals surface area contributed by atoms with Gasteiger partial charge in [-0.05, 0) is 88.1 Å². The molecule has 0 amide bonds. The fourth-order valence-corrected chi connectivity index (χ4v) is 5.65. The molecule has 42 heavy (non-hydrogen) atoms. The van der Waals surface area contributed by atoms with E-state index in [9.17, 15) is 9.59 Å². The molecule has 5 aromatic rings. The molecule has 0 aliphatic heterocycles. The first-order chi connectivity index (χ1) is 20.3. The van der Waals surface area contributed by atoms with Crippen molar-refractivity contribution in [3.63, 3.8) is 0 Å². The van der Waals surface area contributed by atoms with Crippen LogP contribution in [-0.2, 0) is 9.47 Å². The van der Waals surface area contributed by atoms with Crippen LogP contribution in [0.3, 0.4) is 0 Å². The lowest BCUT2D eigenvalue weighted by Crippen LogP contribution is -2.08. The molecular formula is C36H36N2O4. The van der Waals surface area contributed by atoms with Crippen LogP contribution in [0.5, 0.6) is 0 Å². The summed E-state index contributed by atoms with van der Waals surface area (Å²) in [4.78, 5) is 26.3. The lowest BCUT2D eigenvalue weighted by Gasteiger charge is -2.16. The summed E-state index contributed by atoms with van der Waals surface area (Å²) in [5.74, 6) is -0.658. The number of carbonyl (C=O) groups excluding carboxylic acids is 2. The fraction of sp³-hybridized carbons (Fsp3) is 0.222. The topological polar surface area (TPSA) is 62.5 Å². The summed E-state index contributed by atoms with van der Waals surface area (Å²) in [5.41, 5.74) is 10.2. The van der Waals surface area contributed by atoms with E-state index in [0.29, 0.717) is 24.3 Å². The molecule has 0 saturated carbocycles. The van der Waals surface area contributed by atoms with Gasteiger partial charge in [-0.2, -0.15) is 0 Å². The highest BCUT2D eigenvalue weighted by atomic mass is 16.5. The first-order valence-corrected chi connectivity index (χ1v) is 14.3. The standard InChI is InChI=1S/C36H36N2O4/c1-7-41-35(39)31-23(3)25(5)37(33(31)27-15-11-9-12-16-27)29-19-21-30(22-20-29)38-26(6)24(4)32(36(40)42-8-2)34(38)28-17-13-10-14-18-28/h9-22H,7-8H2,1-6H3. The van der Waals surface area contributed by atoms with Crippen LogP contribution < -0.4 is 0 Å². The van der Waals surface area contributed by atoms with Gasteiger partial charge >= 0.3 is 11.9 Å². The minimum atomic E-state index is -0.329. The van der Waals surface area contributed by atoms with Gasteiger partial charge in [0.1, 0.15) is 0 Å². The SMILES string of the molecule is CCOC(=O)c1c(C)c(C)n(-c2ccc(-n3c(C)c(C)c(C(=O)OCC)c3-c3ccccc3)cc2)c1-c1ccccc1. The minimum absolute atomic E-state index is 0.304. The Bertz CT molecular complexity index is 1610. The minimum Gasteiger partial charge on any atom is -0.462 e. The van der Waals surface area contributed by atoms with Crippen LogP contribution in [0, 0.1) is 27.7 Å². The predicted octanol–water partition coefficient (Wildman–Crippen LogP) is 8.19. The van der Waals surface area contributed by atoms with Gasteiger partial charge in [-0.25, -0.2) is 9.59 Å². The van der Waals surface area contributed by atoms with Crippen molar-refractivity contribution in [2.75, 3.05) is 13.2 Å². The van der Waals surface area contributed by atoms with Gasteiger partial charge in [0, 0.05) is 22.8 Å². The van der Waals surface area contributed by atoms with Gasteiger partial charge in [-0.3, -0.25) is 0 Å². The number of aromatic nitrogens is 2. The van der Waals surface area contributed by atoms with Crippen molar-refractivity contribution in [1.82, 2.24) is 9.13 Å². The monoisotopic (exact) mass is 560 g/mol. The molecule has 3 aromatic carbocycles. The van der Waals surface area contributed by atoms with E-state index in [-0.39, 0.29) is 11.9 Å². The molecule has 0 spiro atoms. The highest BCUT2D eigenvalue weighted by Crippen LogP contribution is 2.37. The third-order valence-corrected chi connectivity index (χ3v) is 7.85. The Kier molecular flexibility index (Phi) is 8.16. The first-order valence-electron chi connectivity index (χ1n) is 14.3. The zero-order valence-electron chi connectivity index (χ0n) is 25.0. The van der Waals surface area contributed by atoms with Crippen molar-refractivity contribution in [2.24, 2.45) is 0 Å². The predicted molar refractivity (Wildman–Crippen MR) is 167 cm³/mol. The van der Waals surface area contributed by atoms with Gasteiger partial charge in [0.15, 0.2) is 0 Å². The van der Waals surface area contributed by atoms with Crippen molar-refractivity contribution in [3.05, 3.63) is 119 Å². The Balaban J connectivity index is 1.70. The highest BCUT2D eigenvalue weighted by Gasteiger charge is 2.28. The van der Waals surface area contributed by atoms with Gasteiger partial charge in [0.2, 0.25) is 0 Å². The number of hydrogen-bond acceptors (Lipinski definition) is 4. The lowest BCUT2D eigenvalue weighted by molar-refractivity contribution is 0.0517. The molecule has 0 aliphatic carbocycles. The molecule has 0 aliphatic rings. The Morgan fingerprint density at radius 3 is 1.19 bits per heavy atom. The van der Waals surface area contributed by atoms with Crippen molar-refractivity contribution in [2.45, 2.75) is 41.5 Å². The average molecular weight is 561 g/mol. The Hall–Kier alpha value is -4.84. The molecule has 2 aromatic heterocycles. The summed E-state index contributed by atoms with van der Waals surface area (Å²) in [6.07, 6.45) is 0. The summed E-state index contributed by atoms with van der Waals surface area (Å²) < 4.78 is 15.2. The van der Waals surface area contributed by atoms with E-state index in [4.69, 9.17) is 9.47 Å². The third-order valence-electron chi connectivity index (χ3n) is 7.85. The fourth-order valence-electron chi connectivity index (χ4n) is 5.65. The summed E-state index contributed by atoms with van der Waals surface area (Å²) in [7, 11) is 0. The second-order valence-electron chi connectivity index (χ2n) is 10.2. The molecule has 0 saturated heterocycles. The van der Waals surface area contributed by atoms with Gasteiger partial charge in [-0.15, -0.1) is 0 Å². The zero-order chi connectivity index (χ0) is 30.0. The van der Waals surface area contributed by atoms with E-state index in [2.05, 4.69) is 33.4 Å². The van der Waals surface area contributed by atoms with Crippen LogP contribution in [0.1, 0.15) is 57.1 Å². The van der Waals surface area contributed by atoms with Crippen LogP contribution in [0.25, 0.3) is 33.9 Å².